The van der Waals surface area contributed by atoms with Crippen LogP contribution in [0.25, 0.3) is 0 Å². The Morgan fingerprint density at radius 1 is 1.25 bits per heavy atom. The zero-order valence-corrected chi connectivity index (χ0v) is 15.8. The first-order chi connectivity index (χ1) is 13.1. The molecular weight excluding hydrogens is 391 g/mol. The molecule has 1 aromatic heterocycles. The first kappa shape index (κ1) is 21.8. The quantitative estimate of drug-likeness (QED) is 0.329. The van der Waals surface area contributed by atoms with E-state index in [9.17, 15) is 24.7 Å². The summed E-state index contributed by atoms with van der Waals surface area (Å²) >= 11 is 0. The molecule has 6 N–H and O–H groups in total. The highest BCUT2D eigenvalue weighted by atomic mass is 31.2. The second kappa shape index (κ2) is 9.13. The minimum absolute atomic E-state index is 0.0652. The van der Waals surface area contributed by atoms with Gasteiger partial charge in [-0.05, 0) is 31.0 Å². The molecule has 0 bridgehead atoms. The van der Waals surface area contributed by atoms with Crippen LogP contribution in [0, 0.1) is 6.92 Å². The molecule has 0 aliphatic carbocycles. The fourth-order valence-corrected chi connectivity index (χ4v) is 2.81. The summed E-state index contributed by atoms with van der Waals surface area (Å²) in [5.74, 6) is -1.27. The third-order valence-electron chi connectivity index (χ3n) is 4.02. The van der Waals surface area contributed by atoms with Crippen molar-refractivity contribution in [2.75, 3.05) is 0 Å². The molecule has 0 unspecified atom stereocenters. The van der Waals surface area contributed by atoms with E-state index in [1.165, 1.54) is 25.3 Å². The summed E-state index contributed by atoms with van der Waals surface area (Å²) in [6, 6.07) is 5.09. The summed E-state index contributed by atoms with van der Waals surface area (Å²) < 4.78 is 15.4. The van der Waals surface area contributed by atoms with Crippen molar-refractivity contribution in [3.63, 3.8) is 0 Å². The van der Waals surface area contributed by atoms with Gasteiger partial charge in [-0.15, -0.1) is 0 Å². The number of carboxylic acids is 1. The molecular formula is C17H21N2O8P. The maximum atomic E-state index is 11.6. The number of phenolic OH excluding ortho intramolecular Hbond substituents is 1. The van der Waals surface area contributed by atoms with Gasteiger partial charge in [-0.3, -0.25) is 19.6 Å². The van der Waals surface area contributed by atoms with Crippen LogP contribution in [0.1, 0.15) is 22.4 Å². The molecule has 28 heavy (non-hydrogen) atoms. The largest absolute Gasteiger partial charge is 0.508 e. The number of hydrogen-bond donors (Lipinski definition) is 6. The molecule has 0 saturated heterocycles. The number of nitrogens with one attached hydrogen (secondary N) is 1. The summed E-state index contributed by atoms with van der Waals surface area (Å²) in [5.41, 5.74) is 1.41. The topological polar surface area (TPSA) is 169 Å². The normalized spacial score (nSPS) is 12.7. The lowest BCUT2D eigenvalue weighted by atomic mass is 10.0. The summed E-state index contributed by atoms with van der Waals surface area (Å²) in [4.78, 5) is 33.2. The Hall–Kier alpha value is -2.49. The third kappa shape index (κ3) is 6.29. The van der Waals surface area contributed by atoms with Gasteiger partial charge in [0.15, 0.2) is 0 Å². The minimum Gasteiger partial charge on any atom is -0.508 e. The molecule has 152 valence electrons. The van der Waals surface area contributed by atoms with Gasteiger partial charge >= 0.3 is 13.8 Å². The Bertz CT molecular complexity index is 881. The Morgan fingerprint density at radius 2 is 1.89 bits per heavy atom. The minimum atomic E-state index is -4.73. The zero-order valence-electron chi connectivity index (χ0n) is 14.9. The molecule has 11 heteroatoms. The lowest BCUT2D eigenvalue weighted by molar-refractivity contribution is -0.139. The van der Waals surface area contributed by atoms with E-state index in [4.69, 9.17) is 9.79 Å². The number of aromatic hydroxyl groups is 2. The number of aliphatic carboxylic acids is 1. The second-order valence-corrected chi connectivity index (χ2v) is 7.34. The van der Waals surface area contributed by atoms with E-state index in [0.717, 1.165) is 0 Å². The molecule has 10 nitrogen and oxygen atoms in total. The Kier molecular flexibility index (Phi) is 7.11. The van der Waals surface area contributed by atoms with Crippen molar-refractivity contribution in [1.29, 1.82) is 0 Å². The van der Waals surface area contributed by atoms with Crippen LogP contribution in [0.4, 0.5) is 0 Å². The van der Waals surface area contributed by atoms with Crippen LogP contribution in [-0.2, 0) is 33.5 Å². The highest BCUT2D eigenvalue weighted by Gasteiger charge is 2.21. The summed E-state index contributed by atoms with van der Waals surface area (Å²) in [6.45, 7) is 0.944. The van der Waals surface area contributed by atoms with Crippen LogP contribution in [-0.4, -0.2) is 42.1 Å². The number of phenols is 1. The number of carbonyl (C=O) groups is 1. The number of benzene rings is 1. The molecule has 0 saturated carbocycles. The number of phosphoric ester groups is 1. The number of aromatic nitrogens is 1. The first-order valence-electron chi connectivity index (χ1n) is 8.17. The number of phosphoric acid groups is 1. The second-order valence-electron chi connectivity index (χ2n) is 6.10. The summed E-state index contributed by atoms with van der Waals surface area (Å²) in [5, 5.41) is 31.8. The van der Waals surface area contributed by atoms with Crippen molar-refractivity contribution in [3.05, 3.63) is 52.8 Å². The average Bonchev–Trinajstić information content (AvgIpc) is 2.61. The predicted molar refractivity (Wildman–Crippen MR) is 97.5 cm³/mol. The van der Waals surface area contributed by atoms with Gasteiger partial charge < -0.3 is 25.1 Å². The van der Waals surface area contributed by atoms with E-state index in [-0.39, 0.29) is 41.3 Å². The van der Waals surface area contributed by atoms with Crippen LogP contribution in [0.2, 0.25) is 0 Å². The van der Waals surface area contributed by atoms with Gasteiger partial charge in [-0.1, -0.05) is 12.1 Å². The Balaban J connectivity index is 2.17. The number of hydrogen-bond acceptors (Lipinski definition) is 7. The van der Waals surface area contributed by atoms with Crippen molar-refractivity contribution in [2.24, 2.45) is 0 Å². The molecule has 2 rings (SSSR count). The van der Waals surface area contributed by atoms with Gasteiger partial charge in [0.25, 0.3) is 0 Å². The van der Waals surface area contributed by atoms with E-state index in [1.807, 2.05) is 0 Å². The number of carboxylic acid groups (broad SMARTS) is 1. The highest BCUT2D eigenvalue weighted by molar-refractivity contribution is 7.46. The monoisotopic (exact) mass is 412 g/mol. The van der Waals surface area contributed by atoms with Crippen LogP contribution < -0.4 is 5.32 Å². The molecule has 0 aliphatic rings. The standard InChI is InChI=1S/C17H21N2O8P/c1-10-16(21)14(12(7-18-10)9-27-28(24,25)26)8-19-15(17(22)23)6-11-2-4-13(20)5-3-11/h2-5,7,15,19-21H,6,8-9H2,1H3,(H,22,23)(H2,24,25,26)/t15-/m0/s1. The van der Waals surface area contributed by atoms with Crippen molar-refractivity contribution in [1.82, 2.24) is 10.3 Å². The maximum Gasteiger partial charge on any atom is 0.469 e. The van der Waals surface area contributed by atoms with E-state index in [0.29, 0.717) is 5.56 Å². The van der Waals surface area contributed by atoms with Gasteiger partial charge in [-0.2, -0.15) is 0 Å². The van der Waals surface area contributed by atoms with Gasteiger partial charge in [-0.25, -0.2) is 4.57 Å². The fourth-order valence-electron chi connectivity index (χ4n) is 2.50. The number of nitrogens with zero attached hydrogens (tertiary/aromatic N) is 1. The molecule has 1 atom stereocenters. The van der Waals surface area contributed by atoms with Crippen molar-refractivity contribution in [3.8, 4) is 11.5 Å². The van der Waals surface area contributed by atoms with Crippen LogP contribution in [0.5, 0.6) is 11.5 Å². The van der Waals surface area contributed by atoms with Crippen LogP contribution in [0.15, 0.2) is 30.5 Å². The zero-order chi connectivity index (χ0) is 20.9. The summed E-state index contributed by atoms with van der Waals surface area (Å²) in [7, 11) is -4.73. The number of pyridine rings is 1. The molecule has 0 aliphatic heterocycles. The molecule has 0 amide bonds. The lowest BCUT2D eigenvalue weighted by Gasteiger charge is -2.18. The van der Waals surface area contributed by atoms with E-state index in [1.54, 1.807) is 12.1 Å². The van der Waals surface area contributed by atoms with Crippen molar-refractivity contribution in [2.45, 2.75) is 32.5 Å². The fraction of sp³-hybridized carbons (Fsp3) is 0.294. The summed E-state index contributed by atoms with van der Waals surface area (Å²) in [6.07, 6.45) is 1.42. The van der Waals surface area contributed by atoms with E-state index < -0.39 is 26.4 Å². The van der Waals surface area contributed by atoms with E-state index >= 15 is 0 Å². The lowest BCUT2D eigenvalue weighted by Crippen LogP contribution is -2.38. The van der Waals surface area contributed by atoms with Crippen molar-refractivity contribution < 1.29 is 39.0 Å². The number of rotatable bonds is 9. The van der Waals surface area contributed by atoms with Gasteiger partial charge in [0, 0.05) is 23.9 Å². The van der Waals surface area contributed by atoms with E-state index in [2.05, 4.69) is 14.8 Å². The Labute approximate surface area is 160 Å². The third-order valence-corrected chi connectivity index (χ3v) is 4.48. The number of aryl methyl sites for hydroxylation is 1. The molecule has 1 heterocycles. The smallest absolute Gasteiger partial charge is 0.469 e. The van der Waals surface area contributed by atoms with Crippen LogP contribution >= 0.6 is 7.82 Å². The predicted octanol–water partition coefficient (Wildman–Crippen LogP) is 1.20. The van der Waals surface area contributed by atoms with Crippen molar-refractivity contribution >= 4 is 13.8 Å². The average molecular weight is 412 g/mol. The van der Waals surface area contributed by atoms with Gasteiger partial charge in [0.1, 0.15) is 17.5 Å². The van der Waals surface area contributed by atoms with Gasteiger partial charge in [0.2, 0.25) is 0 Å². The van der Waals surface area contributed by atoms with Gasteiger partial charge in [0.05, 0.1) is 12.3 Å². The molecule has 0 fully saturated rings. The highest BCUT2D eigenvalue weighted by Crippen LogP contribution is 2.38. The Morgan fingerprint density at radius 3 is 2.46 bits per heavy atom. The van der Waals surface area contributed by atoms with Crippen LogP contribution in [0.3, 0.4) is 0 Å². The SMILES string of the molecule is Cc1ncc(COP(=O)(O)O)c(CN[C@@H](Cc2ccc(O)cc2)C(=O)O)c1O. The maximum absolute atomic E-state index is 11.6. The molecule has 2 aromatic rings. The molecule has 0 spiro atoms. The molecule has 0 radical (unpaired) electrons. The first-order valence-corrected chi connectivity index (χ1v) is 9.70. The molecule has 1 aromatic carbocycles.